The molecule has 3 nitrogen and oxygen atoms in total. The van der Waals surface area contributed by atoms with Gasteiger partial charge in [-0.1, -0.05) is 11.6 Å². The lowest BCUT2D eigenvalue weighted by Crippen LogP contribution is -2.47. The van der Waals surface area contributed by atoms with Gasteiger partial charge < -0.3 is 15.2 Å². The Morgan fingerprint density at radius 2 is 2.17 bits per heavy atom. The van der Waals surface area contributed by atoms with Gasteiger partial charge in [0.1, 0.15) is 5.75 Å². The first-order valence-corrected chi connectivity index (χ1v) is 6.63. The molecule has 0 amide bonds. The van der Waals surface area contributed by atoms with E-state index in [0.717, 1.165) is 31.8 Å². The van der Waals surface area contributed by atoms with E-state index in [4.69, 9.17) is 26.8 Å². The summed E-state index contributed by atoms with van der Waals surface area (Å²) in [5, 5.41) is 0.664. The van der Waals surface area contributed by atoms with Crippen LogP contribution in [0.15, 0.2) is 12.1 Å². The Morgan fingerprint density at radius 1 is 1.44 bits per heavy atom. The number of halogens is 1. The summed E-state index contributed by atoms with van der Waals surface area (Å²) in [4.78, 5) is 0. The molecule has 0 saturated carbocycles. The second-order valence-electron chi connectivity index (χ2n) is 4.97. The molecule has 2 rings (SSSR count). The Balaban J connectivity index is 2.34. The predicted octanol–water partition coefficient (Wildman–Crippen LogP) is 2.66. The Kier molecular flexibility index (Phi) is 4.15. The van der Waals surface area contributed by atoms with E-state index in [1.54, 1.807) is 7.11 Å². The molecule has 0 spiro atoms. The fourth-order valence-electron chi connectivity index (χ4n) is 2.61. The minimum Gasteiger partial charge on any atom is -0.495 e. The Bertz CT molecular complexity index is 430. The highest BCUT2D eigenvalue weighted by molar-refractivity contribution is 6.32. The quantitative estimate of drug-likeness (QED) is 0.894. The topological polar surface area (TPSA) is 44.5 Å². The van der Waals surface area contributed by atoms with Crippen LogP contribution in [0.2, 0.25) is 5.02 Å². The first kappa shape index (κ1) is 13.7. The summed E-state index contributed by atoms with van der Waals surface area (Å²) in [5.41, 5.74) is 8.19. The van der Waals surface area contributed by atoms with Gasteiger partial charge in [0.05, 0.1) is 25.3 Å². The van der Waals surface area contributed by atoms with Gasteiger partial charge in [-0.3, -0.25) is 0 Å². The summed E-state index contributed by atoms with van der Waals surface area (Å²) >= 11 is 6.23. The first-order valence-electron chi connectivity index (χ1n) is 6.25. The van der Waals surface area contributed by atoms with E-state index in [9.17, 15) is 0 Å². The fraction of sp³-hybridized carbons (Fsp3) is 0.571. The van der Waals surface area contributed by atoms with E-state index in [1.165, 1.54) is 11.1 Å². The molecule has 100 valence electrons. The maximum atomic E-state index is 6.23. The summed E-state index contributed by atoms with van der Waals surface area (Å²) in [6, 6.07) is 4.02. The van der Waals surface area contributed by atoms with Crippen LogP contribution < -0.4 is 10.5 Å². The van der Waals surface area contributed by atoms with Gasteiger partial charge in [0.15, 0.2) is 0 Å². The van der Waals surface area contributed by atoms with E-state index in [2.05, 4.69) is 6.92 Å². The molecular weight excluding hydrogens is 250 g/mol. The smallest absolute Gasteiger partial charge is 0.137 e. The van der Waals surface area contributed by atoms with Crippen molar-refractivity contribution >= 4 is 11.6 Å². The third-order valence-corrected chi connectivity index (χ3v) is 3.98. The second-order valence-corrected chi connectivity index (χ2v) is 5.37. The van der Waals surface area contributed by atoms with Crippen molar-refractivity contribution in [1.82, 2.24) is 0 Å². The minimum atomic E-state index is 0.0966. The molecule has 18 heavy (non-hydrogen) atoms. The van der Waals surface area contributed by atoms with E-state index < -0.39 is 0 Å². The van der Waals surface area contributed by atoms with Gasteiger partial charge in [0, 0.05) is 5.41 Å². The summed E-state index contributed by atoms with van der Waals surface area (Å²) < 4.78 is 10.7. The predicted molar refractivity (Wildman–Crippen MR) is 73.5 cm³/mol. The zero-order chi connectivity index (χ0) is 13.2. The van der Waals surface area contributed by atoms with Crippen LogP contribution in [-0.2, 0) is 10.2 Å². The van der Waals surface area contributed by atoms with Crippen molar-refractivity contribution in [3.05, 3.63) is 28.3 Å². The normalized spacial score (nSPS) is 17.3. The highest BCUT2D eigenvalue weighted by Crippen LogP contribution is 2.41. The Labute approximate surface area is 113 Å². The largest absolute Gasteiger partial charge is 0.495 e. The number of methoxy groups -OCH3 is 1. The lowest BCUT2D eigenvalue weighted by molar-refractivity contribution is -0.0652. The standard InChI is InChI=1S/C14H20ClNO2/c1-10-6-13(17-2)12(15)7-11(10)14(4-3-5-16)8-18-9-14/h6-7H,3-5,8-9,16H2,1-2H3. The third kappa shape index (κ3) is 2.35. The van der Waals surface area contributed by atoms with Crippen LogP contribution >= 0.6 is 11.6 Å². The van der Waals surface area contributed by atoms with Crippen molar-refractivity contribution in [3.63, 3.8) is 0 Å². The van der Waals surface area contributed by atoms with Crippen molar-refractivity contribution in [1.29, 1.82) is 0 Å². The Morgan fingerprint density at radius 3 is 2.67 bits per heavy atom. The van der Waals surface area contributed by atoms with Crippen LogP contribution in [0.5, 0.6) is 5.75 Å². The molecule has 1 fully saturated rings. The number of rotatable bonds is 5. The first-order chi connectivity index (χ1) is 8.63. The highest BCUT2D eigenvalue weighted by atomic mass is 35.5. The van der Waals surface area contributed by atoms with Crippen molar-refractivity contribution in [2.45, 2.75) is 25.2 Å². The number of ether oxygens (including phenoxy) is 2. The number of benzene rings is 1. The van der Waals surface area contributed by atoms with Crippen molar-refractivity contribution in [2.24, 2.45) is 5.73 Å². The third-order valence-electron chi connectivity index (χ3n) is 3.69. The molecule has 1 heterocycles. The van der Waals surface area contributed by atoms with Crippen LogP contribution in [0, 0.1) is 6.92 Å². The van der Waals surface area contributed by atoms with Gasteiger partial charge in [0.25, 0.3) is 0 Å². The molecule has 1 aromatic rings. The van der Waals surface area contributed by atoms with Gasteiger partial charge in [-0.05, 0) is 49.6 Å². The maximum Gasteiger partial charge on any atom is 0.137 e. The average molecular weight is 270 g/mol. The van der Waals surface area contributed by atoms with Crippen LogP contribution in [0.4, 0.5) is 0 Å². The summed E-state index contributed by atoms with van der Waals surface area (Å²) in [7, 11) is 1.64. The molecule has 2 N–H and O–H groups in total. The zero-order valence-electron chi connectivity index (χ0n) is 11.0. The molecule has 1 aromatic carbocycles. The van der Waals surface area contributed by atoms with E-state index in [0.29, 0.717) is 11.6 Å². The lowest BCUT2D eigenvalue weighted by atomic mass is 9.73. The number of nitrogens with two attached hydrogens (primary N) is 1. The highest BCUT2D eigenvalue weighted by Gasteiger charge is 2.40. The molecule has 1 saturated heterocycles. The molecular formula is C14H20ClNO2. The fourth-order valence-corrected chi connectivity index (χ4v) is 2.85. The summed E-state index contributed by atoms with van der Waals surface area (Å²) in [6.45, 7) is 4.33. The lowest BCUT2D eigenvalue weighted by Gasteiger charge is -2.43. The van der Waals surface area contributed by atoms with Crippen molar-refractivity contribution in [2.75, 3.05) is 26.9 Å². The molecule has 0 aromatic heterocycles. The van der Waals surface area contributed by atoms with Gasteiger partial charge in [-0.25, -0.2) is 0 Å². The van der Waals surface area contributed by atoms with E-state index >= 15 is 0 Å². The number of hydrogen-bond acceptors (Lipinski definition) is 3. The second kappa shape index (κ2) is 5.47. The van der Waals surface area contributed by atoms with Crippen molar-refractivity contribution < 1.29 is 9.47 Å². The number of hydrogen-bond donors (Lipinski definition) is 1. The van der Waals surface area contributed by atoms with Gasteiger partial charge in [-0.2, -0.15) is 0 Å². The van der Waals surface area contributed by atoms with Gasteiger partial charge in [0.2, 0.25) is 0 Å². The molecule has 0 bridgehead atoms. The van der Waals surface area contributed by atoms with Crippen LogP contribution in [-0.4, -0.2) is 26.9 Å². The van der Waals surface area contributed by atoms with Crippen LogP contribution in [0.25, 0.3) is 0 Å². The molecule has 0 atom stereocenters. The van der Waals surface area contributed by atoms with Crippen LogP contribution in [0.3, 0.4) is 0 Å². The van der Waals surface area contributed by atoms with Gasteiger partial charge >= 0.3 is 0 Å². The minimum absolute atomic E-state index is 0.0966. The maximum absolute atomic E-state index is 6.23. The van der Waals surface area contributed by atoms with E-state index in [-0.39, 0.29) is 5.41 Å². The molecule has 0 unspecified atom stereocenters. The SMILES string of the molecule is COc1cc(C)c(C2(CCCN)COC2)cc1Cl. The Hall–Kier alpha value is -0.770. The molecule has 4 heteroatoms. The molecule has 1 aliphatic rings. The monoisotopic (exact) mass is 269 g/mol. The summed E-state index contributed by atoms with van der Waals surface area (Å²) in [5.74, 6) is 0.729. The average Bonchev–Trinajstić information content (AvgIpc) is 2.31. The summed E-state index contributed by atoms with van der Waals surface area (Å²) in [6.07, 6.45) is 2.06. The molecule has 0 radical (unpaired) electrons. The van der Waals surface area contributed by atoms with Crippen molar-refractivity contribution in [3.8, 4) is 5.75 Å². The van der Waals surface area contributed by atoms with Gasteiger partial charge in [-0.15, -0.1) is 0 Å². The number of aryl methyl sites for hydroxylation is 1. The molecule has 0 aliphatic carbocycles. The van der Waals surface area contributed by atoms with Crippen LogP contribution in [0.1, 0.15) is 24.0 Å². The zero-order valence-corrected chi connectivity index (χ0v) is 11.7. The molecule has 1 aliphatic heterocycles. The van der Waals surface area contributed by atoms with E-state index in [1.807, 2.05) is 12.1 Å².